The number of carbonyl (C=O) groups excluding carboxylic acids is 3. The second-order valence-electron chi connectivity index (χ2n) is 20.0. The van der Waals surface area contributed by atoms with Gasteiger partial charge >= 0.3 is 11.9 Å². The maximum atomic E-state index is 14.0. The molecule has 4 fully saturated rings. The van der Waals surface area contributed by atoms with Crippen LogP contribution in [0.5, 0.6) is 0 Å². The number of nitrogens with one attached hydrogen (secondary N) is 1. The Labute approximate surface area is 327 Å². The van der Waals surface area contributed by atoms with Crippen LogP contribution in [0.2, 0.25) is 5.02 Å². The number of hydrogen-bond donors (Lipinski definition) is 2. The lowest BCUT2D eigenvalue weighted by Gasteiger charge is -2.72. The molecule has 1 aromatic heterocycles. The van der Waals surface area contributed by atoms with Crippen LogP contribution >= 0.6 is 11.6 Å². The first-order valence-electron chi connectivity index (χ1n) is 20.3. The summed E-state index contributed by atoms with van der Waals surface area (Å²) in [6, 6.07) is 3.30. The van der Waals surface area contributed by atoms with E-state index >= 15 is 0 Å². The molecule has 1 heterocycles. The van der Waals surface area contributed by atoms with Crippen molar-refractivity contribution in [3.8, 4) is 0 Å². The van der Waals surface area contributed by atoms with E-state index in [0.717, 1.165) is 62.6 Å². The fourth-order valence-corrected chi connectivity index (χ4v) is 13.0. The van der Waals surface area contributed by atoms with E-state index in [-0.39, 0.29) is 63.8 Å². The molecule has 0 aromatic carbocycles. The molecule has 5 aliphatic rings. The van der Waals surface area contributed by atoms with E-state index in [1.807, 2.05) is 13.0 Å². The number of carbonyl (C=O) groups is 4. The summed E-state index contributed by atoms with van der Waals surface area (Å²) in [5.41, 5.74) is 1.22. The highest BCUT2D eigenvalue weighted by atomic mass is 35.5. The summed E-state index contributed by atoms with van der Waals surface area (Å²) in [6.45, 7) is 21.5. The molecule has 9 atom stereocenters. The molecule has 9 heteroatoms. The number of rotatable bonds is 9. The summed E-state index contributed by atoms with van der Waals surface area (Å²) in [6.07, 6.45) is 13.1. The van der Waals surface area contributed by atoms with Crippen molar-refractivity contribution in [3.05, 3.63) is 52.3 Å². The number of carboxylic acids is 1. The smallest absolute Gasteiger partial charge is 0.309 e. The molecule has 0 saturated heterocycles. The summed E-state index contributed by atoms with van der Waals surface area (Å²) in [4.78, 5) is 56.6. The van der Waals surface area contributed by atoms with Crippen molar-refractivity contribution < 1.29 is 29.0 Å². The number of hydrogen-bond acceptors (Lipinski definition) is 6. The van der Waals surface area contributed by atoms with Gasteiger partial charge in [-0.25, -0.2) is 0 Å². The van der Waals surface area contributed by atoms with Crippen molar-refractivity contribution in [1.82, 2.24) is 10.3 Å². The van der Waals surface area contributed by atoms with Crippen molar-refractivity contribution in [2.75, 3.05) is 0 Å². The molecule has 0 bridgehead atoms. The van der Waals surface area contributed by atoms with Crippen LogP contribution in [-0.4, -0.2) is 39.8 Å². The molecular formula is C45H63ClN2O6. The number of fused-ring (bicyclic) bond motifs is 7. The van der Waals surface area contributed by atoms with Gasteiger partial charge in [-0.15, -0.1) is 0 Å². The van der Waals surface area contributed by atoms with Gasteiger partial charge < -0.3 is 15.2 Å². The molecule has 0 radical (unpaired) electrons. The minimum absolute atomic E-state index is 0.0196. The average Bonchev–Trinajstić information content (AvgIpc) is 3.37. The highest BCUT2D eigenvalue weighted by Crippen LogP contribution is 2.77. The number of ketones is 1. The first-order valence-corrected chi connectivity index (χ1v) is 20.7. The van der Waals surface area contributed by atoms with Crippen LogP contribution in [0.4, 0.5) is 0 Å². The van der Waals surface area contributed by atoms with E-state index in [9.17, 15) is 24.3 Å². The van der Waals surface area contributed by atoms with Crippen LogP contribution in [0.3, 0.4) is 0 Å². The lowest BCUT2D eigenvalue weighted by Crippen LogP contribution is -2.65. The average molecular weight is 763 g/mol. The molecule has 0 unspecified atom stereocenters. The third-order valence-corrected chi connectivity index (χ3v) is 16.2. The molecule has 4 saturated carbocycles. The number of aliphatic carboxylic acids is 1. The van der Waals surface area contributed by atoms with Crippen molar-refractivity contribution >= 4 is 35.2 Å². The number of esters is 1. The Kier molecular flexibility index (Phi) is 10.5. The Morgan fingerprint density at radius 1 is 0.981 bits per heavy atom. The van der Waals surface area contributed by atoms with Crippen molar-refractivity contribution in [3.63, 3.8) is 0 Å². The summed E-state index contributed by atoms with van der Waals surface area (Å²) in [7, 11) is 0. The van der Waals surface area contributed by atoms with Gasteiger partial charge in [0.25, 0.3) is 0 Å². The number of Topliss-reactive ketones (excluding diaryl/α,β-unsaturated/α-hetero) is 1. The monoisotopic (exact) mass is 762 g/mol. The number of aromatic nitrogens is 1. The number of halogens is 1. The van der Waals surface area contributed by atoms with Crippen LogP contribution < -0.4 is 5.32 Å². The minimum atomic E-state index is -1.17. The highest BCUT2D eigenvalue weighted by Gasteiger charge is 2.70. The fourth-order valence-electron chi connectivity index (χ4n) is 12.9. The summed E-state index contributed by atoms with van der Waals surface area (Å²) >= 11 is 6.03. The van der Waals surface area contributed by atoms with Crippen LogP contribution in [-0.2, 0) is 23.9 Å². The van der Waals surface area contributed by atoms with Crippen LogP contribution in [0, 0.1) is 56.2 Å². The van der Waals surface area contributed by atoms with Gasteiger partial charge in [0.05, 0.1) is 28.6 Å². The minimum Gasteiger partial charge on any atom is -0.481 e. The van der Waals surface area contributed by atoms with Gasteiger partial charge in [-0.1, -0.05) is 66.1 Å². The lowest BCUT2D eigenvalue weighted by atomic mass is 9.33. The van der Waals surface area contributed by atoms with Crippen LogP contribution in [0.15, 0.2) is 41.6 Å². The number of ether oxygens (including phenoxy) is 1. The first-order chi connectivity index (χ1) is 25.0. The summed E-state index contributed by atoms with van der Waals surface area (Å²) < 4.78 is 6.16. The highest BCUT2D eigenvalue weighted by molar-refractivity contribution is 6.30. The van der Waals surface area contributed by atoms with E-state index in [1.165, 1.54) is 5.57 Å². The van der Waals surface area contributed by atoms with E-state index in [1.54, 1.807) is 32.2 Å². The van der Waals surface area contributed by atoms with Crippen molar-refractivity contribution in [1.29, 1.82) is 0 Å². The Morgan fingerprint density at radius 3 is 2.31 bits per heavy atom. The lowest BCUT2D eigenvalue weighted by molar-refractivity contribution is -0.232. The standard InChI is InChI=1S/C45H63ClN2O6/c1-26(2)37-31(49)23-45(20-17-35(50)48-27(3)30-13-11-28(46)25-47-30)22-21-43(9)29(38(37)45)12-14-33-42(8)18-16-34(54-36(51)24-40(4,5)39(52)53)41(6,7)32(42)15-19-44(33,43)10/h11,13,17,20,25-27,29,32-34H,12,14-16,18-19,21-24H2,1-10H3,(H,48,50)(H,52,53)/b20-17+/t27-,29+,32-,33+,34-,42-,43+,44+,45-/m0/s1. The molecule has 1 aromatic rings. The molecule has 296 valence electrons. The fraction of sp³-hybridized carbons (Fsp3) is 0.711. The quantitative estimate of drug-likeness (QED) is 0.190. The Hall–Kier alpha value is -3.00. The van der Waals surface area contributed by atoms with Gasteiger partial charge in [0.1, 0.15) is 6.10 Å². The number of amides is 1. The number of pyridine rings is 1. The van der Waals surface area contributed by atoms with Gasteiger partial charge in [0.2, 0.25) is 5.91 Å². The summed E-state index contributed by atoms with van der Waals surface area (Å²) in [5.74, 6) is -0.191. The zero-order valence-electron chi connectivity index (χ0n) is 34.2. The molecule has 54 heavy (non-hydrogen) atoms. The summed E-state index contributed by atoms with van der Waals surface area (Å²) in [5, 5.41) is 13.2. The number of carboxylic acid groups (broad SMARTS) is 1. The second-order valence-corrected chi connectivity index (χ2v) is 20.5. The van der Waals surface area contributed by atoms with Gasteiger partial charge in [0.15, 0.2) is 5.78 Å². The van der Waals surface area contributed by atoms with Gasteiger partial charge in [-0.05, 0) is 141 Å². The Bertz CT molecular complexity index is 1760. The van der Waals surface area contributed by atoms with Gasteiger partial charge in [0, 0.05) is 23.4 Å². The first kappa shape index (κ1) is 40.7. The SMILES string of the molecule is CC(C)C1=C2[C@H]3CC[C@@H]4[C@@]5(C)CC[C@H](OC(=O)CC(C)(C)C(=O)O)C(C)(C)[C@@H]5CC[C@@]4(C)[C@]3(C)CC[C@@]2(/C=C/C(=O)N[C@@H](C)c2ccc(Cl)cn2)CC1=O. The van der Waals surface area contributed by atoms with Gasteiger partial charge in [-0.2, -0.15) is 0 Å². The molecular weight excluding hydrogens is 700 g/mol. The maximum absolute atomic E-state index is 14.0. The zero-order chi connectivity index (χ0) is 39.8. The molecule has 2 N–H and O–H groups in total. The molecule has 1 amide bonds. The Balaban J connectivity index is 1.26. The van der Waals surface area contributed by atoms with Crippen LogP contribution in [0.25, 0.3) is 0 Å². The third kappa shape index (κ3) is 6.48. The van der Waals surface area contributed by atoms with Crippen molar-refractivity contribution in [2.45, 2.75) is 146 Å². The van der Waals surface area contributed by atoms with Gasteiger partial charge in [-0.3, -0.25) is 24.2 Å². The molecule has 0 aliphatic heterocycles. The number of nitrogens with zero attached hydrogens (tertiary/aromatic N) is 1. The molecule has 5 aliphatic carbocycles. The largest absolute Gasteiger partial charge is 0.481 e. The molecule has 8 nitrogen and oxygen atoms in total. The third-order valence-electron chi connectivity index (χ3n) is 16.0. The molecule has 6 rings (SSSR count). The Morgan fingerprint density at radius 2 is 1.69 bits per heavy atom. The number of allylic oxidation sites excluding steroid dienone is 3. The topological polar surface area (TPSA) is 123 Å². The normalized spacial score (nSPS) is 36.6. The second kappa shape index (κ2) is 13.9. The maximum Gasteiger partial charge on any atom is 0.309 e. The van der Waals surface area contributed by atoms with E-state index in [4.69, 9.17) is 16.3 Å². The predicted molar refractivity (Wildman–Crippen MR) is 210 cm³/mol. The van der Waals surface area contributed by atoms with Crippen LogP contribution in [0.1, 0.15) is 145 Å². The van der Waals surface area contributed by atoms with Crippen molar-refractivity contribution in [2.24, 2.45) is 56.2 Å². The van der Waals surface area contributed by atoms with E-state index in [2.05, 4.69) is 64.8 Å². The zero-order valence-corrected chi connectivity index (χ0v) is 35.0. The molecule has 0 spiro atoms. The van der Waals surface area contributed by atoms with E-state index < -0.39 is 22.8 Å². The predicted octanol–water partition coefficient (Wildman–Crippen LogP) is 9.86. The van der Waals surface area contributed by atoms with E-state index in [0.29, 0.717) is 23.3 Å².